The number of benzene rings is 1. The number of carbonyl (C=O) groups excluding carboxylic acids is 2. The van der Waals surface area contributed by atoms with E-state index in [1.165, 1.54) is 22.7 Å². The molecule has 2 unspecified atom stereocenters. The molecule has 0 bridgehead atoms. The van der Waals surface area contributed by atoms with Gasteiger partial charge in [-0.2, -0.15) is 4.68 Å². The maximum absolute atomic E-state index is 12.7. The first-order valence-electron chi connectivity index (χ1n) is 9.48. The molecule has 0 saturated carbocycles. The van der Waals surface area contributed by atoms with E-state index in [2.05, 4.69) is 28.3 Å². The Hall–Kier alpha value is -2.38. The number of amides is 2. The maximum atomic E-state index is 12.7. The predicted molar refractivity (Wildman–Crippen MR) is 107 cm³/mol. The monoisotopic (exact) mass is 401 g/mol. The van der Waals surface area contributed by atoms with E-state index in [4.69, 9.17) is 11.6 Å². The number of hydrogen-bond donors (Lipinski definition) is 1. The van der Waals surface area contributed by atoms with Crippen LogP contribution in [0.4, 0.5) is 10.6 Å². The van der Waals surface area contributed by atoms with Gasteiger partial charge in [0.15, 0.2) is 5.82 Å². The Labute approximate surface area is 169 Å². The number of carbonyl (C=O) groups is 2. The number of anilines is 1. The predicted octanol–water partition coefficient (Wildman–Crippen LogP) is 2.84. The van der Waals surface area contributed by atoms with Crippen molar-refractivity contribution < 1.29 is 9.59 Å². The number of nitrogens with one attached hydrogen (secondary N) is 1. The zero-order valence-corrected chi connectivity index (χ0v) is 16.8. The number of likely N-dealkylation sites (tertiary alicyclic amines) is 2. The zero-order valence-electron chi connectivity index (χ0n) is 16.1. The molecule has 2 aliphatic rings. The molecule has 1 N–H and O–H groups in total. The van der Waals surface area contributed by atoms with Gasteiger partial charge in [0.05, 0.1) is 0 Å². The molecule has 2 atom stereocenters. The van der Waals surface area contributed by atoms with Crippen molar-refractivity contribution in [1.82, 2.24) is 19.6 Å². The second kappa shape index (κ2) is 7.56. The first-order chi connectivity index (χ1) is 13.4. The molecule has 2 saturated heterocycles. The number of fused-ring (bicyclic) bond motifs is 1. The van der Waals surface area contributed by atoms with Crippen molar-refractivity contribution in [2.75, 3.05) is 31.5 Å². The van der Waals surface area contributed by atoms with Gasteiger partial charge in [-0.25, -0.2) is 4.79 Å². The molecule has 2 amide bonds. The van der Waals surface area contributed by atoms with E-state index in [0.29, 0.717) is 17.7 Å². The minimum Gasteiger partial charge on any atom is -0.322 e. The lowest BCUT2D eigenvalue weighted by Crippen LogP contribution is -2.36. The van der Waals surface area contributed by atoms with Crippen molar-refractivity contribution in [3.8, 4) is 0 Å². The average molecular weight is 402 g/mol. The molecule has 0 spiro atoms. The number of halogens is 1. The van der Waals surface area contributed by atoms with E-state index >= 15 is 0 Å². The second-order valence-electron chi connectivity index (χ2n) is 7.87. The molecule has 1 aromatic heterocycles. The standard InChI is InChI=1S/C20H24ClN5O2/c1-13-5-15(7-18(21)6-13)8-24-9-16-11-25(12-17(16)10-24)20(28)26-4-3-19(23-26)22-14(2)27/h3-7,16-17H,8-12H2,1-2H3,(H,22,23,27). The van der Waals surface area contributed by atoms with Gasteiger partial charge in [-0.15, -0.1) is 5.10 Å². The smallest absolute Gasteiger partial charge is 0.322 e. The molecule has 2 fully saturated rings. The zero-order chi connectivity index (χ0) is 19.8. The fourth-order valence-electron chi connectivity index (χ4n) is 4.36. The fourth-order valence-corrected chi connectivity index (χ4v) is 4.67. The lowest BCUT2D eigenvalue weighted by atomic mass is 10.0. The van der Waals surface area contributed by atoms with Crippen molar-refractivity contribution in [1.29, 1.82) is 0 Å². The Morgan fingerprint density at radius 2 is 1.89 bits per heavy atom. The Morgan fingerprint density at radius 1 is 1.18 bits per heavy atom. The number of nitrogens with zero attached hydrogens (tertiary/aromatic N) is 4. The highest BCUT2D eigenvalue weighted by Crippen LogP contribution is 2.32. The number of hydrogen-bond acceptors (Lipinski definition) is 4. The number of aromatic nitrogens is 2. The molecule has 3 heterocycles. The van der Waals surface area contributed by atoms with Gasteiger partial charge in [0.1, 0.15) is 0 Å². The van der Waals surface area contributed by atoms with Crippen LogP contribution in [-0.4, -0.2) is 57.7 Å². The van der Waals surface area contributed by atoms with Crippen LogP contribution in [0.25, 0.3) is 0 Å². The lowest BCUT2D eigenvalue weighted by molar-refractivity contribution is -0.114. The van der Waals surface area contributed by atoms with Gasteiger partial charge in [0.25, 0.3) is 0 Å². The Morgan fingerprint density at radius 3 is 2.54 bits per heavy atom. The van der Waals surface area contributed by atoms with Crippen LogP contribution in [0, 0.1) is 18.8 Å². The minimum atomic E-state index is -0.205. The normalized spacial score (nSPS) is 21.8. The summed E-state index contributed by atoms with van der Waals surface area (Å²) >= 11 is 6.18. The quantitative estimate of drug-likeness (QED) is 0.858. The van der Waals surface area contributed by atoms with Gasteiger partial charge in [0, 0.05) is 56.9 Å². The third-order valence-corrected chi connectivity index (χ3v) is 5.65. The highest BCUT2D eigenvalue weighted by atomic mass is 35.5. The van der Waals surface area contributed by atoms with Crippen molar-refractivity contribution in [2.24, 2.45) is 11.8 Å². The largest absolute Gasteiger partial charge is 0.344 e. The Bertz CT molecular complexity index is 878. The summed E-state index contributed by atoms with van der Waals surface area (Å²) in [5.74, 6) is 1.15. The molecule has 8 heteroatoms. The van der Waals surface area contributed by atoms with Crippen LogP contribution >= 0.6 is 11.6 Å². The van der Waals surface area contributed by atoms with Crippen LogP contribution < -0.4 is 5.32 Å². The van der Waals surface area contributed by atoms with Gasteiger partial charge in [-0.3, -0.25) is 9.69 Å². The first-order valence-corrected chi connectivity index (χ1v) is 9.86. The third-order valence-electron chi connectivity index (χ3n) is 5.43. The van der Waals surface area contributed by atoms with Crippen molar-refractivity contribution >= 4 is 29.4 Å². The van der Waals surface area contributed by atoms with Gasteiger partial charge in [-0.1, -0.05) is 17.7 Å². The summed E-state index contributed by atoms with van der Waals surface area (Å²) in [4.78, 5) is 28.1. The molecule has 28 heavy (non-hydrogen) atoms. The summed E-state index contributed by atoms with van der Waals surface area (Å²) in [5, 5.41) is 7.52. The molecule has 0 radical (unpaired) electrons. The summed E-state index contributed by atoms with van der Waals surface area (Å²) < 4.78 is 1.30. The van der Waals surface area contributed by atoms with Crippen molar-refractivity contribution in [2.45, 2.75) is 20.4 Å². The second-order valence-corrected chi connectivity index (χ2v) is 8.30. The van der Waals surface area contributed by atoms with Gasteiger partial charge >= 0.3 is 6.03 Å². The van der Waals surface area contributed by atoms with Crippen LogP contribution in [-0.2, 0) is 11.3 Å². The summed E-state index contributed by atoms with van der Waals surface area (Å²) in [7, 11) is 0. The topological polar surface area (TPSA) is 70.5 Å². The van der Waals surface area contributed by atoms with E-state index in [1.807, 2.05) is 17.0 Å². The summed E-state index contributed by atoms with van der Waals surface area (Å²) in [5.41, 5.74) is 2.41. The highest BCUT2D eigenvalue weighted by Gasteiger charge is 2.41. The molecular formula is C20H24ClN5O2. The molecule has 1 aromatic carbocycles. The Kier molecular flexibility index (Phi) is 5.12. The van der Waals surface area contributed by atoms with Gasteiger partial charge in [0.2, 0.25) is 5.91 Å². The van der Waals surface area contributed by atoms with Crippen LogP contribution in [0.15, 0.2) is 30.5 Å². The molecular weight excluding hydrogens is 378 g/mol. The van der Waals surface area contributed by atoms with E-state index < -0.39 is 0 Å². The molecule has 0 aliphatic carbocycles. The molecule has 2 aromatic rings. The average Bonchev–Trinajstić information content (AvgIpc) is 3.27. The number of rotatable bonds is 3. The Balaban J connectivity index is 1.34. The molecule has 7 nitrogen and oxygen atoms in total. The van der Waals surface area contributed by atoms with Crippen LogP contribution in [0.2, 0.25) is 5.02 Å². The fraction of sp³-hybridized carbons (Fsp3) is 0.450. The number of aryl methyl sites for hydroxylation is 1. The van der Waals surface area contributed by atoms with Gasteiger partial charge in [-0.05, 0) is 42.0 Å². The first kappa shape index (κ1) is 19.0. The lowest BCUT2D eigenvalue weighted by Gasteiger charge is -2.21. The van der Waals surface area contributed by atoms with Crippen LogP contribution in [0.1, 0.15) is 18.1 Å². The minimum absolute atomic E-state index is 0.136. The highest BCUT2D eigenvalue weighted by molar-refractivity contribution is 6.30. The van der Waals surface area contributed by atoms with Crippen LogP contribution in [0.5, 0.6) is 0 Å². The molecule has 148 valence electrons. The SMILES string of the molecule is CC(=O)Nc1ccn(C(=O)N2CC3CN(Cc4cc(C)cc(Cl)c4)CC3C2)n1. The summed E-state index contributed by atoms with van der Waals surface area (Å²) in [6.07, 6.45) is 1.59. The summed E-state index contributed by atoms with van der Waals surface area (Å²) in [6, 6.07) is 7.68. The molecule has 2 aliphatic heterocycles. The summed E-state index contributed by atoms with van der Waals surface area (Å²) in [6.45, 7) is 7.81. The van der Waals surface area contributed by atoms with E-state index in [-0.39, 0.29) is 11.9 Å². The third kappa shape index (κ3) is 4.05. The van der Waals surface area contributed by atoms with E-state index in [9.17, 15) is 9.59 Å². The molecule has 4 rings (SSSR count). The van der Waals surface area contributed by atoms with E-state index in [1.54, 1.807) is 12.3 Å². The maximum Gasteiger partial charge on any atom is 0.344 e. The van der Waals surface area contributed by atoms with Crippen LogP contribution in [0.3, 0.4) is 0 Å². The van der Waals surface area contributed by atoms with Crippen molar-refractivity contribution in [3.63, 3.8) is 0 Å². The van der Waals surface area contributed by atoms with Crippen molar-refractivity contribution in [3.05, 3.63) is 46.6 Å². The van der Waals surface area contributed by atoms with Gasteiger partial charge < -0.3 is 10.2 Å². The van der Waals surface area contributed by atoms with E-state index in [0.717, 1.165) is 37.7 Å².